The second-order valence-corrected chi connectivity index (χ2v) is 6.20. The highest BCUT2D eigenvalue weighted by Gasteiger charge is 2.15. The maximum atomic E-state index is 9.60. The Morgan fingerprint density at radius 3 is 2.55 bits per heavy atom. The maximum absolute atomic E-state index is 9.60. The van der Waals surface area contributed by atoms with E-state index in [1.165, 1.54) is 34.7 Å². The number of phenols is 2. The van der Waals surface area contributed by atoms with E-state index in [0.29, 0.717) is 0 Å². The van der Waals surface area contributed by atoms with Crippen LogP contribution in [-0.2, 0) is 12.8 Å². The van der Waals surface area contributed by atoms with Gasteiger partial charge >= 0.3 is 0 Å². The van der Waals surface area contributed by atoms with Crippen LogP contribution in [0.5, 0.6) is 11.5 Å². The Hall–Kier alpha value is -2.07. The molecule has 1 heterocycles. The summed E-state index contributed by atoms with van der Waals surface area (Å²) in [6.07, 6.45) is 3.56. The Balaban J connectivity index is 1.86. The average Bonchev–Trinajstić information content (AvgIpc) is 3.04. The van der Waals surface area contributed by atoms with Crippen LogP contribution in [0.1, 0.15) is 17.5 Å². The van der Waals surface area contributed by atoms with Gasteiger partial charge in [0.2, 0.25) is 0 Å². The minimum absolute atomic E-state index is 0.103. The zero-order valence-electron chi connectivity index (χ0n) is 10.8. The molecule has 0 unspecified atom stereocenters. The Bertz CT molecular complexity index is 782. The summed E-state index contributed by atoms with van der Waals surface area (Å²) in [6.45, 7) is 0. The average molecular weight is 283 g/mol. The minimum atomic E-state index is -0.107. The molecule has 0 bridgehead atoms. The van der Waals surface area contributed by atoms with Crippen molar-refractivity contribution in [2.45, 2.75) is 19.3 Å². The van der Waals surface area contributed by atoms with Crippen molar-refractivity contribution in [1.29, 1.82) is 0 Å². The SMILES string of the molecule is Oc1ccc(-c2nc3cc4c(cc3s2)CCC4)cc1O. The number of fused-ring (bicyclic) bond motifs is 2. The van der Waals surface area contributed by atoms with Gasteiger partial charge in [0.15, 0.2) is 11.5 Å². The smallest absolute Gasteiger partial charge is 0.158 e. The topological polar surface area (TPSA) is 53.4 Å². The number of hydrogen-bond donors (Lipinski definition) is 2. The van der Waals surface area contributed by atoms with Crippen LogP contribution >= 0.6 is 11.3 Å². The van der Waals surface area contributed by atoms with E-state index in [0.717, 1.165) is 22.5 Å². The summed E-state index contributed by atoms with van der Waals surface area (Å²) in [4.78, 5) is 4.66. The zero-order chi connectivity index (χ0) is 13.7. The Morgan fingerprint density at radius 2 is 1.75 bits per heavy atom. The van der Waals surface area contributed by atoms with Gasteiger partial charge in [0.25, 0.3) is 0 Å². The first-order valence-electron chi connectivity index (χ1n) is 6.65. The van der Waals surface area contributed by atoms with Gasteiger partial charge in [0.05, 0.1) is 10.2 Å². The maximum Gasteiger partial charge on any atom is 0.158 e. The Kier molecular flexibility index (Phi) is 2.47. The number of rotatable bonds is 1. The molecule has 0 radical (unpaired) electrons. The molecule has 0 fully saturated rings. The summed E-state index contributed by atoms with van der Waals surface area (Å²) in [5.74, 6) is -0.210. The molecule has 4 rings (SSSR count). The fourth-order valence-electron chi connectivity index (χ4n) is 2.77. The van der Waals surface area contributed by atoms with Gasteiger partial charge in [-0.25, -0.2) is 4.98 Å². The van der Waals surface area contributed by atoms with Crippen LogP contribution in [-0.4, -0.2) is 15.2 Å². The van der Waals surface area contributed by atoms with Crippen LogP contribution in [0.25, 0.3) is 20.8 Å². The Labute approximate surface area is 120 Å². The molecular weight excluding hydrogens is 270 g/mol. The number of phenolic OH excluding ortho intramolecular Hbond substituents is 2. The predicted molar refractivity (Wildman–Crippen MR) is 80.4 cm³/mol. The van der Waals surface area contributed by atoms with E-state index in [4.69, 9.17) is 0 Å². The van der Waals surface area contributed by atoms with E-state index in [9.17, 15) is 10.2 Å². The molecule has 2 N–H and O–H groups in total. The monoisotopic (exact) mass is 283 g/mol. The normalized spacial score (nSPS) is 13.8. The number of aryl methyl sites for hydroxylation is 2. The van der Waals surface area contributed by atoms with Crippen molar-refractivity contribution in [3.05, 3.63) is 41.5 Å². The number of thiazole rings is 1. The van der Waals surface area contributed by atoms with Gasteiger partial charge in [-0.2, -0.15) is 0 Å². The first kappa shape index (κ1) is 11.7. The third-order valence-electron chi connectivity index (χ3n) is 3.82. The summed E-state index contributed by atoms with van der Waals surface area (Å²) in [6, 6.07) is 9.27. The lowest BCUT2D eigenvalue weighted by Crippen LogP contribution is -1.81. The van der Waals surface area contributed by atoms with Crippen LogP contribution in [0, 0.1) is 0 Å². The van der Waals surface area contributed by atoms with Crippen molar-refractivity contribution < 1.29 is 10.2 Å². The molecule has 20 heavy (non-hydrogen) atoms. The standard InChI is InChI=1S/C16H13NO2S/c18-13-5-4-11(7-14(13)19)16-17-12-6-9-2-1-3-10(9)8-15(12)20-16/h4-8,18-19H,1-3H2. The number of nitrogens with zero attached hydrogens (tertiary/aromatic N) is 1. The number of aromatic nitrogens is 1. The van der Waals surface area contributed by atoms with Crippen molar-refractivity contribution >= 4 is 21.6 Å². The van der Waals surface area contributed by atoms with Crippen molar-refractivity contribution in [3.63, 3.8) is 0 Å². The lowest BCUT2D eigenvalue weighted by atomic mass is 10.1. The second kappa shape index (κ2) is 4.21. The van der Waals surface area contributed by atoms with Crippen LogP contribution in [0.2, 0.25) is 0 Å². The van der Waals surface area contributed by atoms with Gasteiger partial charge in [0, 0.05) is 5.56 Å². The highest BCUT2D eigenvalue weighted by Crippen LogP contribution is 2.36. The van der Waals surface area contributed by atoms with Gasteiger partial charge in [-0.1, -0.05) is 0 Å². The molecule has 0 saturated carbocycles. The number of aromatic hydroxyl groups is 2. The van der Waals surface area contributed by atoms with E-state index in [1.54, 1.807) is 23.5 Å². The van der Waals surface area contributed by atoms with Crippen molar-refractivity contribution in [2.75, 3.05) is 0 Å². The molecule has 0 saturated heterocycles. The highest BCUT2D eigenvalue weighted by atomic mass is 32.1. The van der Waals surface area contributed by atoms with Gasteiger partial charge in [0.1, 0.15) is 5.01 Å². The quantitative estimate of drug-likeness (QED) is 0.667. The predicted octanol–water partition coefficient (Wildman–Crippen LogP) is 3.86. The van der Waals surface area contributed by atoms with Crippen LogP contribution in [0.4, 0.5) is 0 Å². The van der Waals surface area contributed by atoms with Gasteiger partial charge in [-0.3, -0.25) is 0 Å². The molecule has 3 aromatic rings. The van der Waals surface area contributed by atoms with E-state index < -0.39 is 0 Å². The first-order chi connectivity index (χ1) is 9.70. The van der Waals surface area contributed by atoms with E-state index in [1.807, 2.05) is 0 Å². The molecule has 1 aliphatic carbocycles. The largest absolute Gasteiger partial charge is 0.504 e. The van der Waals surface area contributed by atoms with Gasteiger partial charge < -0.3 is 10.2 Å². The molecule has 0 amide bonds. The van der Waals surface area contributed by atoms with Crippen molar-refractivity contribution in [3.8, 4) is 22.1 Å². The lowest BCUT2D eigenvalue weighted by Gasteiger charge is -1.99. The van der Waals surface area contributed by atoms with Gasteiger partial charge in [-0.05, 0) is 60.7 Å². The molecule has 1 aliphatic rings. The van der Waals surface area contributed by atoms with Crippen LogP contribution < -0.4 is 0 Å². The van der Waals surface area contributed by atoms with Crippen LogP contribution in [0.3, 0.4) is 0 Å². The lowest BCUT2D eigenvalue weighted by molar-refractivity contribution is 0.404. The molecular formula is C16H13NO2S. The summed E-state index contributed by atoms with van der Waals surface area (Å²) >= 11 is 1.63. The molecule has 0 spiro atoms. The third kappa shape index (κ3) is 1.76. The molecule has 3 nitrogen and oxygen atoms in total. The fourth-order valence-corrected chi connectivity index (χ4v) is 3.78. The third-order valence-corrected chi connectivity index (χ3v) is 4.89. The molecule has 0 atom stereocenters. The first-order valence-corrected chi connectivity index (χ1v) is 7.47. The molecule has 4 heteroatoms. The number of benzene rings is 2. The van der Waals surface area contributed by atoms with Crippen molar-refractivity contribution in [1.82, 2.24) is 4.98 Å². The van der Waals surface area contributed by atoms with E-state index in [2.05, 4.69) is 17.1 Å². The zero-order valence-corrected chi connectivity index (χ0v) is 11.6. The molecule has 2 aromatic carbocycles. The molecule has 1 aromatic heterocycles. The summed E-state index contributed by atoms with van der Waals surface area (Å²) in [5, 5.41) is 19.8. The highest BCUT2D eigenvalue weighted by molar-refractivity contribution is 7.21. The fraction of sp³-hybridized carbons (Fsp3) is 0.188. The summed E-state index contributed by atoms with van der Waals surface area (Å²) in [5.41, 5.74) is 4.73. The second-order valence-electron chi connectivity index (χ2n) is 5.16. The van der Waals surface area contributed by atoms with E-state index >= 15 is 0 Å². The van der Waals surface area contributed by atoms with Crippen LogP contribution in [0.15, 0.2) is 30.3 Å². The van der Waals surface area contributed by atoms with E-state index in [-0.39, 0.29) is 11.5 Å². The minimum Gasteiger partial charge on any atom is -0.504 e. The summed E-state index contributed by atoms with van der Waals surface area (Å²) in [7, 11) is 0. The van der Waals surface area contributed by atoms with Crippen molar-refractivity contribution in [2.24, 2.45) is 0 Å². The molecule has 0 aliphatic heterocycles. The summed E-state index contributed by atoms with van der Waals surface area (Å²) < 4.78 is 1.19. The molecule has 100 valence electrons. The van der Waals surface area contributed by atoms with Gasteiger partial charge in [-0.15, -0.1) is 11.3 Å². The Morgan fingerprint density at radius 1 is 0.950 bits per heavy atom. The number of hydrogen-bond acceptors (Lipinski definition) is 4.